The molecule has 0 aromatic heterocycles. The summed E-state index contributed by atoms with van der Waals surface area (Å²) in [6.45, 7) is 4.45. The van der Waals surface area contributed by atoms with Gasteiger partial charge >= 0.3 is 12.2 Å². The van der Waals surface area contributed by atoms with E-state index in [0.717, 1.165) is 29.0 Å². The number of urea groups is 1. The minimum absolute atomic E-state index is 0.0900. The normalized spacial score (nSPS) is 16.2. The van der Waals surface area contributed by atoms with E-state index in [9.17, 15) is 18.0 Å². The number of alkyl halides is 3. The number of hydrogen-bond donors (Lipinski definition) is 1. The van der Waals surface area contributed by atoms with Crippen molar-refractivity contribution in [2.24, 2.45) is 5.16 Å². The zero-order valence-electron chi connectivity index (χ0n) is 16.2. The van der Waals surface area contributed by atoms with Crippen molar-refractivity contribution in [3.8, 4) is 0 Å². The fraction of sp³-hybridized carbons (Fsp3) is 0.333. The highest BCUT2D eigenvalue weighted by Gasteiger charge is 2.31. The Morgan fingerprint density at radius 2 is 1.97 bits per heavy atom. The predicted molar refractivity (Wildman–Crippen MR) is 105 cm³/mol. The topological polar surface area (TPSA) is 53.9 Å². The van der Waals surface area contributed by atoms with Crippen molar-refractivity contribution in [3.63, 3.8) is 0 Å². The molecule has 1 aliphatic rings. The van der Waals surface area contributed by atoms with Crippen molar-refractivity contribution in [1.82, 2.24) is 4.90 Å². The molecule has 0 saturated heterocycles. The van der Waals surface area contributed by atoms with Crippen molar-refractivity contribution in [2.75, 3.05) is 18.4 Å². The Morgan fingerprint density at radius 1 is 1.24 bits per heavy atom. The molecule has 1 N–H and O–H groups in total. The van der Waals surface area contributed by atoms with Crippen LogP contribution in [0.25, 0.3) is 0 Å². The molecule has 154 valence electrons. The molecule has 2 amide bonds. The predicted octanol–water partition coefficient (Wildman–Crippen LogP) is 5.06. The van der Waals surface area contributed by atoms with Gasteiger partial charge in [-0.3, -0.25) is 0 Å². The summed E-state index contributed by atoms with van der Waals surface area (Å²) in [6.07, 6.45) is -4.22. The molecule has 1 aliphatic heterocycles. The zero-order valence-corrected chi connectivity index (χ0v) is 16.2. The van der Waals surface area contributed by atoms with Gasteiger partial charge in [0.1, 0.15) is 0 Å². The molecule has 0 saturated carbocycles. The van der Waals surface area contributed by atoms with E-state index in [0.29, 0.717) is 13.0 Å². The van der Waals surface area contributed by atoms with Gasteiger partial charge in [0.15, 0.2) is 6.10 Å². The van der Waals surface area contributed by atoms with Crippen LogP contribution >= 0.6 is 0 Å². The number of amides is 2. The Kier molecular flexibility index (Phi) is 6.10. The van der Waals surface area contributed by atoms with Gasteiger partial charge in [-0.15, -0.1) is 0 Å². The standard InChI is InChI=1S/C21H22F3N3O2/c1-3-27(20(28)25-17-6-4-5-16(11-17)21(22,23)24)13-18-12-19(26-29-18)15-9-7-14(2)8-10-15/h4-11,18H,3,12-13H2,1-2H3,(H,25,28). The van der Waals surface area contributed by atoms with Crippen molar-refractivity contribution in [2.45, 2.75) is 32.5 Å². The van der Waals surface area contributed by atoms with Crippen LogP contribution in [0.4, 0.5) is 23.7 Å². The summed E-state index contributed by atoms with van der Waals surface area (Å²) in [5.74, 6) is 0. The van der Waals surface area contributed by atoms with Crippen LogP contribution in [0.15, 0.2) is 53.7 Å². The number of aryl methyl sites for hydroxylation is 1. The summed E-state index contributed by atoms with van der Waals surface area (Å²) in [5, 5.41) is 6.64. The van der Waals surface area contributed by atoms with Crippen molar-refractivity contribution in [3.05, 3.63) is 65.2 Å². The van der Waals surface area contributed by atoms with E-state index in [2.05, 4.69) is 10.5 Å². The van der Waals surface area contributed by atoms with Crippen LogP contribution in [0.5, 0.6) is 0 Å². The summed E-state index contributed by atoms with van der Waals surface area (Å²) in [5.41, 5.74) is 2.20. The van der Waals surface area contributed by atoms with Crippen LogP contribution in [-0.4, -0.2) is 35.8 Å². The number of carbonyl (C=O) groups is 1. The smallest absolute Gasteiger partial charge is 0.390 e. The van der Waals surface area contributed by atoms with Gasteiger partial charge in [-0.2, -0.15) is 13.2 Å². The van der Waals surface area contributed by atoms with E-state index in [4.69, 9.17) is 4.84 Å². The van der Waals surface area contributed by atoms with Gasteiger partial charge in [-0.25, -0.2) is 4.79 Å². The molecule has 0 spiro atoms. The SMILES string of the molecule is CCN(CC1CC(c2ccc(C)cc2)=NO1)C(=O)Nc1cccc(C(F)(F)F)c1. The maximum atomic E-state index is 12.8. The van der Waals surface area contributed by atoms with Crippen LogP contribution in [-0.2, 0) is 11.0 Å². The van der Waals surface area contributed by atoms with Crippen molar-refractivity contribution >= 4 is 17.4 Å². The van der Waals surface area contributed by atoms with Gasteiger partial charge in [0.05, 0.1) is 17.8 Å². The van der Waals surface area contributed by atoms with Crippen LogP contribution < -0.4 is 5.32 Å². The molecule has 2 aromatic carbocycles. The molecular weight excluding hydrogens is 383 g/mol. The number of halogens is 3. The number of hydrogen-bond acceptors (Lipinski definition) is 3. The largest absolute Gasteiger partial charge is 0.416 e. The van der Waals surface area contributed by atoms with Crippen LogP contribution in [0.2, 0.25) is 0 Å². The minimum atomic E-state index is -4.47. The maximum Gasteiger partial charge on any atom is 0.416 e. The lowest BCUT2D eigenvalue weighted by Gasteiger charge is -2.23. The molecule has 2 aromatic rings. The molecule has 1 unspecified atom stereocenters. The first-order valence-electron chi connectivity index (χ1n) is 9.29. The number of benzene rings is 2. The molecule has 1 atom stereocenters. The lowest BCUT2D eigenvalue weighted by molar-refractivity contribution is -0.137. The Balaban J connectivity index is 1.59. The van der Waals surface area contributed by atoms with Crippen LogP contribution in [0.1, 0.15) is 30.0 Å². The van der Waals surface area contributed by atoms with Crippen molar-refractivity contribution in [1.29, 1.82) is 0 Å². The summed E-state index contributed by atoms with van der Waals surface area (Å²) >= 11 is 0. The third kappa shape index (κ3) is 5.28. The van der Waals surface area contributed by atoms with Gasteiger partial charge in [0.2, 0.25) is 0 Å². The number of oxime groups is 1. The fourth-order valence-corrected chi connectivity index (χ4v) is 3.02. The van der Waals surface area contributed by atoms with Crippen LogP contribution in [0, 0.1) is 6.92 Å². The Hall–Kier alpha value is -3.03. The molecule has 0 fully saturated rings. The summed E-state index contributed by atoms with van der Waals surface area (Å²) < 4.78 is 38.5. The third-order valence-electron chi connectivity index (χ3n) is 4.65. The van der Waals surface area contributed by atoms with E-state index < -0.39 is 17.8 Å². The number of rotatable bonds is 5. The lowest BCUT2D eigenvalue weighted by Crippen LogP contribution is -2.40. The average Bonchev–Trinajstić information content (AvgIpc) is 3.14. The Morgan fingerprint density at radius 3 is 2.62 bits per heavy atom. The molecule has 5 nitrogen and oxygen atoms in total. The number of carbonyl (C=O) groups excluding carboxylic acids is 1. The number of anilines is 1. The highest BCUT2D eigenvalue weighted by Crippen LogP contribution is 2.30. The zero-order chi connectivity index (χ0) is 21.0. The maximum absolute atomic E-state index is 12.8. The molecule has 29 heavy (non-hydrogen) atoms. The number of likely N-dealkylation sites (N-methyl/N-ethyl adjacent to an activating group) is 1. The van der Waals surface area contributed by atoms with E-state index in [1.807, 2.05) is 31.2 Å². The first-order valence-corrected chi connectivity index (χ1v) is 9.29. The van der Waals surface area contributed by atoms with Crippen molar-refractivity contribution < 1.29 is 22.8 Å². The van der Waals surface area contributed by atoms with Gasteiger partial charge in [-0.1, -0.05) is 41.1 Å². The fourth-order valence-electron chi connectivity index (χ4n) is 3.02. The van der Waals surface area contributed by atoms with E-state index in [-0.39, 0.29) is 18.3 Å². The molecular formula is C21H22F3N3O2. The van der Waals surface area contributed by atoms with E-state index >= 15 is 0 Å². The first-order chi connectivity index (χ1) is 13.8. The molecule has 3 rings (SSSR count). The van der Waals surface area contributed by atoms with Gasteiger partial charge in [0.25, 0.3) is 0 Å². The summed E-state index contributed by atoms with van der Waals surface area (Å²) in [6, 6.07) is 12.0. The Bertz CT molecular complexity index is 895. The lowest BCUT2D eigenvalue weighted by atomic mass is 10.0. The quantitative estimate of drug-likeness (QED) is 0.756. The third-order valence-corrected chi connectivity index (χ3v) is 4.65. The molecule has 0 aliphatic carbocycles. The summed E-state index contributed by atoms with van der Waals surface area (Å²) in [7, 11) is 0. The second kappa shape index (κ2) is 8.55. The van der Waals surface area contributed by atoms with Crippen LogP contribution in [0.3, 0.4) is 0 Å². The minimum Gasteiger partial charge on any atom is -0.390 e. The second-order valence-electron chi connectivity index (χ2n) is 6.88. The van der Waals surface area contributed by atoms with E-state index in [1.54, 1.807) is 6.92 Å². The highest BCUT2D eigenvalue weighted by molar-refractivity contribution is 6.01. The molecule has 1 heterocycles. The molecule has 8 heteroatoms. The number of nitrogens with one attached hydrogen (secondary N) is 1. The summed E-state index contributed by atoms with van der Waals surface area (Å²) in [4.78, 5) is 19.5. The monoisotopic (exact) mass is 405 g/mol. The highest BCUT2D eigenvalue weighted by atomic mass is 19.4. The van der Waals surface area contributed by atoms with E-state index in [1.165, 1.54) is 17.0 Å². The molecule has 0 radical (unpaired) electrons. The van der Waals surface area contributed by atoms with Gasteiger partial charge in [0, 0.05) is 18.7 Å². The van der Waals surface area contributed by atoms with Gasteiger partial charge in [-0.05, 0) is 37.6 Å². The number of nitrogens with zero attached hydrogens (tertiary/aromatic N) is 2. The first kappa shape index (κ1) is 20.7. The Labute approximate surface area is 167 Å². The average molecular weight is 405 g/mol. The van der Waals surface area contributed by atoms with Gasteiger partial charge < -0.3 is 15.1 Å². The second-order valence-corrected chi connectivity index (χ2v) is 6.88. The molecule has 0 bridgehead atoms.